The van der Waals surface area contributed by atoms with Gasteiger partial charge < -0.3 is 24.5 Å². The van der Waals surface area contributed by atoms with Crippen LogP contribution in [0.25, 0.3) is 32.9 Å². The van der Waals surface area contributed by atoms with Gasteiger partial charge in [0.25, 0.3) is 5.91 Å². The third-order valence-electron chi connectivity index (χ3n) is 8.06. The summed E-state index contributed by atoms with van der Waals surface area (Å²) in [4.78, 5) is 13.1. The Bertz CT molecular complexity index is 1510. The van der Waals surface area contributed by atoms with Crippen LogP contribution in [-0.4, -0.2) is 42.0 Å². The van der Waals surface area contributed by atoms with E-state index in [0.717, 1.165) is 67.0 Å². The van der Waals surface area contributed by atoms with Crippen molar-refractivity contribution in [3.05, 3.63) is 70.3 Å². The molecule has 36 heavy (non-hydrogen) atoms. The van der Waals surface area contributed by atoms with Crippen LogP contribution >= 0.6 is 0 Å². The van der Waals surface area contributed by atoms with E-state index in [1.54, 1.807) is 0 Å². The number of hydrogen-bond acceptors (Lipinski definition) is 4. The number of fused-ring (bicyclic) bond motifs is 10. The van der Waals surface area contributed by atoms with Gasteiger partial charge in [-0.05, 0) is 52.8 Å². The van der Waals surface area contributed by atoms with Gasteiger partial charge in [-0.2, -0.15) is 0 Å². The summed E-state index contributed by atoms with van der Waals surface area (Å²) in [6.45, 7) is 4.32. The van der Waals surface area contributed by atoms with E-state index in [0.29, 0.717) is 25.5 Å². The summed E-state index contributed by atoms with van der Waals surface area (Å²) in [5.74, 6) is 0.507. The number of aliphatic hydroxyl groups excluding tert-OH is 1. The first-order valence-electron chi connectivity index (χ1n) is 13.0. The predicted octanol–water partition coefficient (Wildman–Crippen LogP) is 4.54. The Kier molecular flexibility index (Phi) is 5.35. The fourth-order valence-corrected chi connectivity index (χ4v) is 6.44. The lowest BCUT2D eigenvalue weighted by molar-refractivity contribution is 0.0792. The molecule has 1 fully saturated rings. The van der Waals surface area contributed by atoms with Gasteiger partial charge in [-0.25, -0.2) is 0 Å². The molecule has 0 spiro atoms. The highest BCUT2D eigenvalue weighted by Crippen LogP contribution is 2.48. The monoisotopic (exact) mass is 482 g/mol. The Labute approximate surface area is 209 Å². The van der Waals surface area contributed by atoms with Crippen molar-refractivity contribution in [2.24, 2.45) is 5.92 Å². The summed E-state index contributed by atoms with van der Waals surface area (Å²) >= 11 is 0. The van der Waals surface area contributed by atoms with E-state index < -0.39 is 0 Å². The first-order chi connectivity index (χ1) is 17.7. The molecule has 0 bridgehead atoms. The second kappa shape index (κ2) is 8.73. The maximum Gasteiger partial charge on any atom is 0.252 e. The van der Waals surface area contributed by atoms with Crippen molar-refractivity contribution in [2.45, 2.75) is 39.0 Å². The second-order valence-corrected chi connectivity index (χ2v) is 10.3. The third-order valence-corrected chi connectivity index (χ3v) is 8.06. The van der Waals surface area contributed by atoms with Gasteiger partial charge in [-0.15, -0.1) is 0 Å². The largest absolute Gasteiger partial charge is 0.396 e. The molecule has 2 N–H and O–H groups in total. The van der Waals surface area contributed by atoms with Crippen molar-refractivity contribution in [3.8, 4) is 11.1 Å². The van der Waals surface area contributed by atoms with Crippen LogP contribution < -0.4 is 5.32 Å². The highest BCUT2D eigenvalue weighted by molar-refractivity contribution is 6.20. The van der Waals surface area contributed by atoms with Crippen LogP contribution in [0.1, 0.15) is 45.5 Å². The van der Waals surface area contributed by atoms with E-state index in [1.165, 1.54) is 33.0 Å². The molecule has 184 valence electrons. The third kappa shape index (κ3) is 3.32. The predicted molar refractivity (Wildman–Crippen MR) is 139 cm³/mol. The molecule has 1 atom stereocenters. The van der Waals surface area contributed by atoms with E-state index >= 15 is 0 Å². The number of benzene rings is 3. The molecule has 3 aliphatic rings. The van der Waals surface area contributed by atoms with Crippen molar-refractivity contribution in [1.29, 1.82) is 0 Å². The second-order valence-electron chi connectivity index (χ2n) is 10.3. The summed E-state index contributed by atoms with van der Waals surface area (Å²) < 4.78 is 13.9. The Morgan fingerprint density at radius 3 is 2.92 bits per heavy atom. The van der Waals surface area contributed by atoms with Gasteiger partial charge in [0.05, 0.1) is 30.9 Å². The molecular weight excluding hydrogens is 452 g/mol. The number of amides is 1. The first kappa shape index (κ1) is 22.0. The van der Waals surface area contributed by atoms with Gasteiger partial charge in [0.1, 0.15) is 0 Å². The maximum atomic E-state index is 13.1. The Balaban J connectivity index is 1.42. The molecule has 6 nitrogen and oxygen atoms in total. The molecule has 0 saturated carbocycles. The highest BCUT2D eigenvalue weighted by atomic mass is 16.5. The lowest BCUT2D eigenvalue weighted by Gasteiger charge is -2.13. The fraction of sp³-hybridized carbons (Fsp3) is 0.367. The number of nitrogens with one attached hydrogen (secondary N) is 1. The minimum atomic E-state index is 0.0226. The van der Waals surface area contributed by atoms with Crippen molar-refractivity contribution in [3.63, 3.8) is 0 Å². The highest BCUT2D eigenvalue weighted by Gasteiger charge is 2.35. The number of aromatic nitrogens is 1. The quantitative estimate of drug-likeness (QED) is 0.357. The molecule has 2 aliphatic heterocycles. The first-order valence-corrected chi connectivity index (χ1v) is 13.0. The molecule has 3 aromatic carbocycles. The minimum Gasteiger partial charge on any atom is -0.396 e. The standard InChI is InChI=1S/C30H30N2O4/c33-10-3-9-32-25-7-6-18(15-36-17-19-8-11-35-16-19)12-22(25)27-24-14-31-30(34)28(24)26-21-5-2-1-4-20(21)13-23(26)29(27)32/h1-2,4-7,12,19,33H,3,8-11,13-17H2,(H,31,34). The molecule has 3 heterocycles. The summed E-state index contributed by atoms with van der Waals surface area (Å²) in [5.41, 5.74) is 10.2. The van der Waals surface area contributed by atoms with Crippen molar-refractivity contribution in [2.75, 3.05) is 26.4 Å². The van der Waals surface area contributed by atoms with Crippen LogP contribution in [-0.2, 0) is 35.6 Å². The van der Waals surface area contributed by atoms with Gasteiger partial charge in [-0.3, -0.25) is 4.79 Å². The van der Waals surface area contributed by atoms with Crippen LogP contribution in [0, 0.1) is 5.92 Å². The van der Waals surface area contributed by atoms with Gasteiger partial charge in [0.2, 0.25) is 0 Å². The number of carbonyl (C=O) groups is 1. The van der Waals surface area contributed by atoms with Gasteiger partial charge in [0.15, 0.2) is 0 Å². The molecule has 0 radical (unpaired) electrons. The number of nitrogens with zero attached hydrogens (tertiary/aromatic N) is 1. The van der Waals surface area contributed by atoms with Crippen molar-refractivity contribution in [1.82, 2.24) is 9.88 Å². The number of carbonyl (C=O) groups excluding carboxylic acids is 1. The van der Waals surface area contributed by atoms with E-state index in [4.69, 9.17) is 9.47 Å². The molecule has 4 aromatic rings. The van der Waals surface area contributed by atoms with Gasteiger partial charge in [0, 0.05) is 60.5 Å². The molecule has 6 heteroatoms. The summed E-state index contributed by atoms with van der Waals surface area (Å²) in [7, 11) is 0. The van der Waals surface area contributed by atoms with E-state index in [1.807, 2.05) is 0 Å². The Hall–Kier alpha value is -3.19. The van der Waals surface area contributed by atoms with E-state index in [9.17, 15) is 9.90 Å². The molecular formula is C30H30N2O4. The average molecular weight is 483 g/mol. The zero-order valence-corrected chi connectivity index (χ0v) is 20.3. The average Bonchev–Trinajstić information content (AvgIpc) is 3.67. The summed E-state index contributed by atoms with van der Waals surface area (Å²) in [6.07, 6.45) is 2.57. The number of ether oxygens (including phenoxy) is 2. The van der Waals surface area contributed by atoms with Gasteiger partial charge >= 0.3 is 0 Å². The zero-order valence-electron chi connectivity index (χ0n) is 20.3. The molecule has 7 rings (SSSR count). The fourth-order valence-electron chi connectivity index (χ4n) is 6.44. The minimum absolute atomic E-state index is 0.0226. The SMILES string of the molecule is O=C1NCc2c1c1c(c3c2c2cc(COCC4CCOC4)ccc2n3CCCO)Cc2ccccc2-1. The van der Waals surface area contributed by atoms with Crippen LogP contribution in [0.5, 0.6) is 0 Å². The molecule has 1 unspecified atom stereocenters. The maximum absolute atomic E-state index is 13.1. The molecule has 1 saturated heterocycles. The Morgan fingerprint density at radius 2 is 2.06 bits per heavy atom. The lowest BCUT2D eigenvalue weighted by Crippen LogP contribution is -2.13. The summed E-state index contributed by atoms with van der Waals surface area (Å²) in [5, 5.41) is 15.1. The van der Waals surface area contributed by atoms with Crippen LogP contribution in [0.3, 0.4) is 0 Å². The Morgan fingerprint density at radius 1 is 1.14 bits per heavy atom. The summed E-state index contributed by atoms with van der Waals surface area (Å²) in [6, 6.07) is 15.0. The van der Waals surface area contributed by atoms with E-state index in [-0.39, 0.29) is 12.5 Å². The van der Waals surface area contributed by atoms with E-state index in [2.05, 4.69) is 52.3 Å². The van der Waals surface area contributed by atoms with Gasteiger partial charge in [-0.1, -0.05) is 30.3 Å². The van der Waals surface area contributed by atoms with Crippen molar-refractivity contribution >= 4 is 27.7 Å². The van der Waals surface area contributed by atoms with Crippen molar-refractivity contribution < 1.29 is 19.4 Å². The molecule has 1 aliphatic carbocycles. The molecule has 1 amide bonds. The number of aliphatic hydroxyl groups is 1. The zero-order chi connectivity index (χ0) is 24.2. The van der Waals surface area contributed by atoms with Crippen LogP contribution in [0.4, 0.5) is 0 Å². The number of hydrogen-bond donors (Lipinski definition) is 2. The molecule has 1 aromatic heterocycles. The smallest absolute Gasteiger partial charge is 0.252 e. The number of aryl methyl sites for hydroxylation is 1. The number of rotatable bonds is 7. The van der Waals surface area contributed by atoms with Crippen LogP contribution in [0.15, 0.2) is 42.5 Å². The topological polar surface area (TPSA) is 72.7 Å². The van der Waals surface area contributed by atoms with Crippen LogP contribution in [0.2, 0.25) is 0 Å². The lowest BCUT2D eigenvalue weighted by atomic mass is 9.92. The normalized spacial score (nSPS) is 18.1.